The lowest BCUT2D eigenvalue weighted by atomic mass is 10.3. The molecule has 0 unspecified atom stereocenters. The molecular weight excluding hydrogens is 194 g/mol. The molecule has 2 rings (SSSR count). The van der Waals surface area contributed by atoms with Gasteiger partial charge >= 0.3 is 0 Å². The average molecular weight is 205 g/mol. The first kappa shape index (κ1) is 9.18. The lowest BCUT2D eigenvalue weighted by Crippen LogP contribution is -1.96. The Morgan fingerprint density at radius 1 is 1.29 bits per heavy atom. The van der Waals surface area contributed by atoms with Gasteiger partial charge in [0, 0.05) is 17.6 Å². The highest BCUT2D eigenvalue weighted by atomic mass is 32.1. The fourth-order valence-electron chi connectivity index (χ4n) is 1.10. The smallest absolute Gasteiger partial charge is 0.187 e. The van der Waals surface area contributed by atoms with Gasteiger partial charge in [0.15, 0.2) is 5.13 Å². The van der Waals surface area contributed by atoms with Crippen molar-refractivity contribution < 1.29 is 0 Å². The summed E-state index contributed by atoms with van der Waals surface area (Å²) in [7, 11) is 0. The zero-order valence-corrected chi connectivity index (χ0v) is 8.42. The van der Waals surface area contributed by atoms with Gasteiger partial charge in [-0.1, -0.05) is 18.2 Å². The van der Waals surface area contributed by atoms with Crippen molar-refractivity contribution in [2.45, 2.75) is 6.54 Å². The van der Waals surface area contributed by atoms with E-state index in [0.717, 1.165) is 16.5 Å². The monoisotopic (exact) mass is 205 g/mol. The van der Waals surface area contributed by atoms with Crippen molar-refractivity contribution in [3.05, 3.63) is 41.4 Å². The van der Waals surface area contributed by atoms with E-state index in [2.05, 4.69) is 10.3 Å². The van der Waals surface area contributed by atoms with Gasteiger partial charge in [0.05, 0.1) is 5.69 Å². The lowest BCUT2D eigenvalue weighted by Gasteiger charge is -2.00. The summed E-state index contributed by atoms with van der Waals surface area (Å²) in [4.78, 5) is 4.31. The molecule has 2 aromatic rings. The third-order valence-corrected chi connectivity index (χ3v) is 2.59. The maximum absolute atomic E-state index is 5.47. The summed E-state index contributed by atoms with van der Waals surface area (Å²) in [5.41, 5.74) is 7.44. The minimum absolute atomic E-state index is 0.493. The van der Waals surface area contributed by atoms with Gasteiger partial charge in [0.25, 0.3) is 0 Å². The fourth-order valence-corrected chi connectivity index (χ4v) is 1.85. The number of thiazole rings is 1. The minimum Gasteiger partial charge on any atom is -0.332 e. The number of aromatic nitrogens is 1. The summed E-state index contributed by atoms with van der Waals surface area (Å²) in [5, 5.41) is 6.06. The van der Waals surface area contributed by atoms with Gasteiger partial charge < -0.3 is 11.1 Å². The zero-order valence-electron chi connectivity index (χ0n) is 7.60. The zero-order chi connectivity index (χ0) is 9.80. The van der Waals surface area contributed by atoms with Crippen LogP contribution in [-0.2, 0) is 6.54 Å². The Balaban J connectivity index is 2.11. The summed E-state index contributed by atoms with van der Waals surface area (Å²) in [6.07, 6.45) is 0. The van der Waals surface area contributed by atoms with Crippen LogP contribution in [0.3, 0.4) is 0 Å². The van der Waals surface area contributed by atoms with Crippen LogP contribution in [0, 0.1) is 0 Å². The number of rotatable bonds is 3. The predicted molar refractivity (Wildman–Crippen MR) is 59.7 cm³/mol. The number of hydrogen-bond donors (Lipinski definition) is 2. The molecule has 0 aliphatic carbocycles. The molecule has 3 nitrogen and oxygen atoms in total. The van der Waals surface area contributed by atoms with Gasteiger partial charge in [-0.05, 0) is 12.1 Å². The molecule has 1 aromatic heterocycles. The Kier molecular flexibility index (Phi) is 2.76. The van der Waals surface area contributed by atoms with E-state index in [1.165, 1.54) is 0 Å². The Labute approximate surface area is 86.6 Å². The van der Waals surface area contributed by atoms with Crippen molar-refractivity contribution in [3.8, 4) is 0 Å². The average Bonchev–Trinajstić information content (AvgIpc) is 2.67. The highest BCUT2D eigenvalue weighted by molar-refractivity contribution is 7.13. The lowest BCUT2D eigenvalue weighted by molar-refractivity contribution is 1.01. The maximum atomic E-state index is 5.47. The van der Waals surface area contributed by atoms with Gasteiger partial charge in [-0.2, -0.15) is 0 Å². The molecule has 0 amide bonds. The second kappa shape index (κ2) is 4.21. The second-order valence-electron chi connectivity index (χ2n) is 2.84. The normalized spacial score (nSPS) is 10.1. The molecule has 0 bridgehead atoms. The van der Waals surface area contributed by atoms with Crippen molar-refractivity contribution in [1.82, 2.24) is 4.98 Å². The van der Waals surface area contributed by atoms with Gasteiger partial charge in [0.1, 0.15) is 0 Å². The first-order valence-electron chi connectivity index (χ1n) is 4.35. The van der Waals surface area contributed by atoms with E-state index in [1.807, 2.05) is 35.7 Å². The fraction of sp³-hybridized carbons (Fsp3) is 0.100. The Bertz CT molecular complexity index is 397. The molecule has 3 N–H and O–H groups in total. The van der Waals surface area contributed by atoms with E-state index >= 15 is 0 Å². The molecule has 1 heterocycles. The highest BCUT2D eigenvalue weighted by Crippen LogP contribution is 2.20. The topological polar surface area (TPSA) is 50.9 Å². The Morgan fingerprint density at radius 3 is 2.71 bits per heavy atom. The molecule has 0 spiro atoms. The summed E-state index contributed by atoms with van der Waals surface area (Å²) in [5.74, 6) is 0. The van der Waals surface area contributed by atoms with E-state index in [4.69, 9.17) is 5.73 Å². The van der Waals surface area contributed by atoms with Gasteiger partial charge in [0.2, 0.25) is 0 Å². The number of nitrogens with two attached hydrogens (primary N) is 1. The number of para-hydroxylation sites is 1. The summed E-state index contributed by atoms with van der Waals surface area (Å²) < 4.78 is 0. The molecule has 0 aliphatic heterocycles. The van der Waals surface area contributed by atoms with E-state index in [-0.39, 0.29) is 0 Å². The van der Waals surface area contributed by atoms with Gasteiger partial charge in [-0.3, -0.25) is 0 Å². The Morgan fingerprint density at radius 2 is 2.07 bits per heavy atom. The van der Waals surface area contributed by atoms with Crippen LogP contribution in [0.25, 0.3) is 0 Å². The second-order valence-corrected chi connectivity index (χ2v) is 3.70. The highest BCUT2D eigenvalue weighted by Gasteiger charge is 1.99. The third kappa shape index (κ3) is 2.10. The van der Waals surface area contributed by atoms with Crippen molar-refractivity contribution in [3.63, 3.8) is 0 Å². The van der Waals surface area contributed by atoms with Crippen LogP contribution in [0.4, 0.5) is 10.8 Å². The minimum atomic E-state index is 0.493. The molecule has 0 saturated heterocycles. The first-order chi connectivity index (χ1) is 6.88. The standard InChI is InChI=1S/C10H11N3S/c11-6-9-7-14-10(13-9)12-8-4-2-1-3-5-8/h1-5,7H,6,11H2,(H,12,13). The summed E-state index contributed by atoms with van der Waals surface area (Å²) >= 11 is 1.57. The largest absolute Gasteiger partial charge is 0.332 e. The van der Waals surface area contributed by atoms with Crippen LogP contribution < -0.4 is 11.1 Å². The van der Waals surface area contributed by atoms with Crippen LogP contribution >= 0.6 is 11.3 Å². The molecule has 0 atom stereocenters. The van der Waals surface area contributed by atoms with Crippen LogP contribution in [0.5, 0.6) is 0 Å². The third-order valence-electron chi connectivity index (χ3n) is 1.79. The SMILES string of the molecule is NCc1csc(Nc2ccccc2)n1. The van der Waals surface area contributed by atoms with Gasteiger partial charge in [-0.15, -0.1) is 11.3 Å². The number of nitrogens with zero attached hydrogens (tertiary/aromatic N) is 1. The van der Waals surface area contributed by atoms with E-state index in [0.29, 0.717) is 6.54 Å². The number of hydrogen-bond acceptors (Lipinski definition) is 4. The molecule has 0 radical (unpaired) electrons. The summed E-state index contributed by atoms with van der Waals surface area (Å²) in [6, 6.07) is 9.96. The molecule has 1 aromatic carbocycles. The van der Waals surface area contributed by atoms with Crippen LogP contribution in [0.1, 0.15) is 5.69 Å². The van der Waals surface area contributed by atoms with E-state index in [9.17, 15) is 0 Å². The molecule has 0 fully saturated rings. The molecule has 14 heavy (non-hydrogen) atoms. The van der Waals surface area contributed by atoms with E-state index in [1.54, 1.807) is 11.3 Å². The van der Waals surface area contributed by atoms with Crippen molar-refractivity contribution in [1.29, 1.82) is 0 Å². The maximum Gasteiger partial charge on any atom is 0.187 e. The number of nitrogens with one attached hydrogen (secondary N) is 1. The van der Waals surface area contributed by atoms with Gasteiger partial charge in [-0.25, -0.2) is 4.98 Å². The molecule has 4 heteroatoms. The van der Waals surface area contributed by atoms with Crippen molar-refractivity contribution in [2.75, 3.05) is 5.32 Å². The molecule has 0 saturated carbocycles. The molecular formula is C10H11N3S. The van der Waals surface area contributed by atoms with Crippen molar-refractivity contribution in [2.24, 2.45) is 5.73 Å². The number of benzene rings is 1. The predicted octanol–water partition coefficient (Wildman–Crippen LogP) is 2.35. The molecule has 72 valence electrons. The van der Waals surface area contributed by atoms with Crippen molar-refractivity contribution >= 4 is 22.2 Å². The molecule has 0 aliphatic rings. The van der Waals surface area contributed by atoms with Crippen LogP contribution in [0.2, 0.25) is 0 Å². The van der Waals surface area contributed by atoms with Crippen LogP contribution in [-0.4, -0.2) is 4.98 Å². The van der Waals surface area contributed by atoms with Crippen LogP contribution in [0.15, 0.2) is 35.7 Å². The Hall–Kier alpha value is -1.39. The summed E-state index contributed by atoms with van der Waals surface area (Å²) in [6.45, 7) is 0.493. The quantitative estimate of drug-likeness (QED) is 0.808. The first-order valence-corrected chi connectivity index (χ1v) is 5.23. The number of anilines is 2. The van der Waals surface area contributed by atoms with E-state index < -0.39 is 0 Å².